The SMILES string of the molecule is N/N=C(/C(=O)c1ccc(CN2CCOCC2)cc1)c1ccc(OC(=O)c2ccccc2)cc1. The number of carbonyl (C=O) groups is 2. The van der Waals surface area contributed by atoms with Crippen molar-refractivity contribution in [1.82, 2.24) is 4.90 Å². The minimum atomic E-state index is -0.454. The number of hydrazone groups is 1. The number of hydrogen-bond donors (Lipinski definition) is 1. The number of benzene rings is 3. The maximum Gasteiger partial charge on any atom is 0.343 e. The minimum absolute atomic E-state index is 0.136. The monoisotopic (exact) mass is 443 g/mol. The lowest BCUT2D eigenvalue weighted by Crippen LogP contribution is -2.35. The summed E-state index contributed by atoms with van der Waals surface area (Å²) in [6.45, 7) is 4.12. The second kappa shape index (κ2) is 10.7. The quantitative estimate of drug-likeness (QED) is 0.150. The molecule has 0 amide bonds. The molecule has 0 unspecified atom stereocenters. The van der Waals surface area contributed by atoms with E-state index in [2.05, 4.69) is 10.0 Å². The zero-order valence-electron chi connectivity index (χ0n) is 18.1. The van der Waals surface area contributed by atoms with Crippen molar-refractivity contribution in [2.24, 2.45) is 10.9 Å². The Balaban J connectivity index is 1.41. The first kappa shape index (κ1) is 22.4. The van der Waals surface area contributed by atoms with E-state index in [9.17, 15) is 9.59 Å². The van der Waals surface area contributed by atoms with Crippen LogP contribution in [0.2, 0.25) is 0 Å². The van der Waals surface area contributed by atoms with Crippen LogP contribution in [-0.2, 0) is 11.3 Å². The fourth-order valence-electron chi connectivity index (χ4n) is 3.60. The van der Waals surface area contributed by atoms with Gasteiger partial charge in [-0.2, -0.15) is 5.10 Å². The molecule has 1 aliphatic heterocycles. The number of morpholine rings is 1. The van der Waals surface area contributed by atoms with E-state index < -0.39 is 5.97 Å². The number of nitrogens with two attached hydrogens (primary N) is 1. The van der Waals surface area contributed by atoms with Crippen LogP contribution in [0.3, 0.4) is 0 Å². The van der Waals surface area contributed by atoms with Crippen molar-refractivity contribution in [3.63, 3.8) is 0 Å². The van der Waals surface area contributed by atoms with Crippen molar-refractivity contribution in [2.45, 2.75) is 6.54 Å². The van der Waals surface area contributed by atoms with Crippen LogP contribution >= 0.6 is 0 Å². The number of ketones is 1. The van der Waals surface area contributed by atoms with Gasteiger partial charge in [0.05, 0.1) is 18.8 Å². The highest BCUT2D eigenvalue weighted by atomic mass is 16.5. The normalized spacial score (nSPS) is 14.6. The average Bonchev–Trinajstić information content (AvgIpc) is 2.87. The third-order valence-electron chi connectivity index (χ3n) is 5.42. The second-order valence-electron chi connectivity index (χ2n) is 7.67. The molecule has 1 aliphatic rings. The third kappa shape index (κ3) is 5.71. The van der Waals surface area contributed by atoms with Gasteiger partial charge >= 0.3 is 5.97 Å². The number of Topliss-reactive ketones (excluding diaryl/α,β-unsaturated/α-hetero) is 1. The molecule has 168 valence electrons. The first-order valence-corrected chi connectivity index (χ1v) is 10.7. The molecule has 1 fully saturated rings. The van der Waals surface area contributed by atoms with Gasteiger partial charge in [0.15, 0.2) is 0 Å². The first-order chi connectivity index (χ1) is 16.1. The Labute approximate surface area is 192 Å². The Bertz CT molecular complexity index is 1120. The molecule has 0 bridgehead atoms. The van der Waals surface area contributed by atoms with Crippen LogP contribution in [0.15, 0.2) is 84.0 Å². The van der Waals surface area contributed by atoms with Gasteiger partial charge in [-0.25, -0.2) is 4.79 Å². The number of hydrogen-bond acceptors (Lipinski definition) is 7. The summed E-state index contributed by atoms with van der Waals surface area (Å²) in [5, 5.41) is 3.73. The van der Waals surface area contributed by atoms with E-state index in [4.69, 9.17) is 15.3 Å². The predicted octanol–water partition coefficient (Wildman–Crippen LogP) is 3.28. The second-order valence-corrected chi connectivity index (χ2v) is 7.67. The lowest BCUT2D eigenvalue weighted by atomic mass is 9.99. The molecule has 3 aromatic carbocycles. The smallest absolute Gasteiger partial charge is 0.343 e. The van der Waals surface area contributed by atoms with Gasteiger partial charge in [0.1, 0.15) is 11.5 Å². The molecule has 0 saturated carbocycles. The molecule has 7 heteroatoms. The van der Waals surface area contributed by atoms with Gasteiger partial charge in [0.2, 0.25) is 5.78 Å². The fraction of sp³-hybridized carbons (Fsp3) is 0.192. The summed E-state index contributed by atoms with van der Waals surface area (Å²) in [5.41, 5.74) is 2.77. The maximum absolute atomic E-state index is 13.0. The van der Waals surface area contributed by atoms with E-state index in [1.807, 2.05) is 18.2 Å². The largest absolute Gasteiger partial charge is 0.423 e. The van der Waals surface area contributed by atoms with Gasteiger partial charge < -0.3 is 15.3 Å². The lowest BCUT2D eigenvalue weighted by molar-refractivity contribution is 0.0342. The van der Waals surface area contributed by atoms with Crippen LogP contribution in [0.5, 0.6) is 5.75 Å². The number of ether oxygens (including phenoxy) is 2. The van der Waals surface area contributed by atoms with Crippen LogP contribution in [0.4, 0.5) is 0 Å². The van der Waals surface area contributed by atoms with Crippen molar-refractivity contribution >= 4 is 17.5 Å². The Hall–Kier alpha value is -3.81. The summed E-state index contributed by atoms with van der Waals surface area (Å²) in [6, 6.07) is 22.7. The molecule has 0 spiro atoms. The molecule has 7 nitrogen and oxygen atoms in total. The minimum Gasteiger partial charge on any atom is -0.423 e. The Kier molecular flexibility index (Phi) is 7.24. The molecule has 0 atom stereocenters. The summed E-state index contributed by atoms with van der Waals surface area (Å²) in [6.07, 6.45) is 0. The molecule has 0 radical (unpaired) electrons. The molecule has 33 heavy (non-hydrogen) atoms. The molecular formula is C26H25N3O4. The van der Waals surface area contributed by atoms with Crippen LogP contribution in [-0.4, -0.2) is 48.7 Å². The molecule has 1 saturated heterocycles. The number of nitrogens with zero attached hydrogens (tertiary/aromatic N) is 2. The predicted molar refractivity (Wildman–Crippen MR) is 125 cm³/mol. The molecule has 0 aromatic heterocycles. The van der Waals surface area contributed by atoms with Gasteiger partial charge in [-0.15, -0.1) is 0 Å². The van der Waals surface area contributed by atoms with Crippen LogP contribution in [0, 0.1) is 0 Å². The zero-order chi connectivity index (χ0) is 23.0. The highest BCUT2D eigenvalue weighted by Gasteiger charge is 2.18. The summed E-state index contributed by atoms with van der Waals surface area (Å²) in [5.74, 6) is 5.19. The van der Waals surface area contributed by atoms with Crippen molar-refractivity contribution in [3.05, 3.63) is 101 Å². The highest BCUT2D eigenvalue weighted by Crippen LogP contribution is 2.17. The molecule has 2 N–H and O–H groups in total. The van der Waals surface area contributed by atoms with Gasteiger partial charge in [-0.1, -0.05) is 42.5 Å². The molecule has 1 heterocycles. The average molecular weight is 444 g/mol. The number of esters is 1. The molecular weight excluding hydrogens is 418 g/mol. The van der Waals surface area contributed by atoms with Crippen molar-refractivity contribution in [3.8, 4) is 5.75 Å². The van der Waals surface area contributed by atoms with Gasteiger partial charge in [-0.3, -0.25) is 9.69 Å². The van der Waals surface area contributed by atoms with E-state index >= 15 is 0 Å². The first-order valence-electron chi connectivity index (χ1n) is 10.7. The Morgan fingerprint density at radius 1 is 0.848 bits per heavy atom. The summed E-state index contributed by atoms with van der Waals surface area (Å²) >= 11 is 0. The van der Waals surface area contributed by atoms with Gasteiger partial charge in [0.25, 0.3) is 0 Å². The van der Waals surface area contributed by atoms with Crippen LogP contribution < -0.4 is 10.6 Å². The van der Waals surface area contributed by atoms with Crippen LogP contribution in [0.1, 0.15) is 31.8 Å². The van der Waals surface area contributed by atoms with Crippen molar-refractivity contribution < 1.29 is 19.1 Å². The van der Waals surface area contributed by atoms with E-state index in [1.165, 1.54) is 0 Å². The highest BCUT2D eigenvalue weighted by molar-refractivity contribution is 6.51. The Morgan fingerprint density at radius 2 is 1.48 bits per heavy atom. The van der Waals surface area contributed by atoms with Crippen molar-refractivity contribution in [1.29, 1.82) is 0 Å². The van der Waals surface area contributed by atoms with Gasteiger partial charge in [0, 0.05) is 30.8 Å². The summed E-state index contributed by atoms with van der Waals surface area (Å²) in [4.78, 5) is 27.5. The number of carbonyl (C=O) groups excluding carboxylic acids is 2. The van der Waals surface area contributed by atoms with E-state index in [0.717, 1.165) is 38.4 Å². The third-order valence-corrected chi connectivity index (χ3v) is 5.42. The Morgan fingerprint density at radius 3 is 2.12 bits per heavy atom. The molecule has 3 aromatic rings. The van der Waals surface area contributed by atoms with Gasteiger partial charge in [-0.05, 0) is 42.0 Å². The molecule has 0 aliphatic carbocycles. The summed E-state index contributed by atoms with van der Waals surface area (Å²) < 4.78 is 10.8. The summed E-state index contributed by atoms with van der Waals surface area (Å²) in [7, 11) is 0. The van der Waals surface area contributed by atoms with Crippen molar-refractivity contribution in [2.75, 3.05) is 26.3 Å². The maximum atomic E-state index is 13.0. The lowest BCUT2D eigenvalue weighted by Gasteiger charge is -2.26. The zero-order valence-corrected chi connectivity index (χ0v) is 18.1. The fourth-order valence-corrected chi connectivity index (χ4v) is 3.60. The van der Waals surface area contributed by atoms with E-state index in [0.29, 0.717) is 22.4 Å². The van der Waals surface area contributed by atoms with Crippen LogP contribution in [0.25, 0.3) is 0 Å². The standard InChI is InChI=1S/C26H25N3O4/c27-28-24(20-10-12-23(13-11-20)33-26(31)22-4-2-1-3-5-22)25(30)21-8-6-19(7-9-21)18-29-14-16-32-17-15-29/h1-13H,14-18,27H2/b28-24+. The molecule has 4 rings (SSSR count). The van der Waals surface area contributed by atoms with E-state index in [1.54, 1.807) is 60.7 Å². The van der Waals surface area contributed by atoms with E-state index in [-0.39, 0.29) is 11.5 Å². The number of rotatable bonds is 7. The topological polar surface area (TPSA) is 94.2 Å².